The molecule has 2 aliphatic rings. The molecular weight excluding hydrogens is 392 g/mol. The summed E-state index contributed by atoms with van der Waals surface area (Å²) >= 11 is 0. The molecule has 1 aromatic carbocycles. The molecule has 3 rings (SSSR count). The van der Waals surface area contributed by atoms with Gasteiger partial charge in [-0.2, -0.15) is 13.2 Å². The van der Waals surface area contributed by atoms with Gasteiger partial charge in [-0.05, 0) is 80.4 Å². The number of unbranched alkanes of at least 4 members (excludes halogenated alkanes) is 2. The zero-order chi connectivity index (χ0) is 21.6. The van der Waals surface area contributed by atoms with E-state index in [0.29, 0.717) is 12.5 Å². The van der Waals surface area contributed by atoms with Crippen LogP contribution in [0.2, 0.25) is 0 Å². The maximum absolute atomic E-state index is 13.4. The van der Waals surface area contributed by atoms with Crippen LogP contribution in [0.15, 0.2) is 18.2 Å². The van der Waals surface area contributed by atoms with Crippen molar-refractivity contribution in [1.29, 1.82) is 0 Å². The maximum atomic E-state index is 13.4. The lowest BCUT2D eigenvalue weighted by Gasteiger charge is -2.38. The SMILES string of the molecule is CCCCCC1CCC(C2CCC(COc3ccc(F)c(C(F)(F)F)c3)CC2)CC1. The molecule has 0 unspecified atom stereocenters. The van der Waals surface area contributed by atoms with Crippen LogP contribution in [0, 0.1) is 29.5 Å². The number of hydrogen-bond donors (Lipinski definition) is 0. The second-order valence-electron chi connectivity index (χ2n) is 9.51. The highest BCUT2D eigenvalue weighted by Crippen LogP contribution is 2.42. The molecule has 1 aromatic rings. The fourth-order valence-electron chi connectivity index (χ4n) is 5.48. The highest BCUT2D eigenvalue weighted by molar-refractivity contribution is 5.31. The molecule has 0 bridgehead atoms. The average molecular weight is 429 g/mol. The first-order valence-corrected chi connectivity index (χ1v) is 11.9. The van der Waals surface area contributed by atoms with Crippen molar-refractivity contribution >= 4 is 0 Å². The van der Waals surface area contributed by atoms with Crippen LogP contribution in [0.5, 0.6) is 5.75 Å². The molecule has 0 spiro atoms. The van der Waals surface area contributed by atoms with E-state index in [2.05, 4.69) is 6.92 Å². The van der Waals surface area contributed by atoms with Crippen molar-refractivity contribution in [3.63, 3.8) is 0 Å². The van der Waals surface area contributed by atoms with Gasteiger partial charge < -0.3 is 4.74 Å². The summed E-state index contributed by atoms with van der Waals surface area (Å²) in [5.74, 6) is 1.84. The van der Waals surface area contributed by atoms with E-state index in [-0.39, 0.29) is 5.75 Å². The average Bonchev–Trinajstić information content (AvgIpc) is 2.73. The zero-order valence-electron chi connectivity index (χ0n) is 18.2. The van der Waals surface area contributed by atoms with E-state index in [9.17, 15) is 17.6 Å². The Morgan fingerprint density at radius 2 is 1.47 bits per heavy atom. The van der Waals surface area contributed by atoms with Gasteiger partial charge in [0.05, 0.1) is 12.2 Å². The van der Waals surface area contributed by atoms with Crippen LogP contribution in [0.3, 0.4) is 0 Å². The van der Waals surface area contributed by atoms with Crippen molar-refractivity contribution in [3.8, 4) is 5.75 Å². The first-order valence-electron chi connectivity index (χ1n) is 11.9. The molecule has 2 saturated carbocycles. The molecule has 2 aliphatic carbocycles. The largest absolute Gasteiger partial charge is 0.493 e. The number of halogens is 4. The summed E-state index contributed by atoms with van der Waals surface area (Å²) in [5.41, 5.74) is -1.26. The molecule has 5 heteroatoms. The minimum Gasteiger partial charge on any atom is -0.493 e. The second-order valence-corrected chi connectivity index (χ2v) is 9.51. The predicted octanol–water partition coefficient (Wildman–Crippen LogP) is 8.42. The molecule has 1 nitrogen and oxygen atoms in total. The normalized spacial score (nSPS) is 27.8. The van der Waals surface area contributed by atoms with E-state index in [4.69, 9.17) is 4.74 Å². The first kappa shape index (κ1) is 23.4. The van der Waals surface area contributed by atoms with E-state index in [1.165, 1.54) is 70.3 Å². The Kier molecular flexibility index (Phi) is 8.47. The maximum Gasteiger partial charge on any atom is 0.419 e. The van der Waals surface area contributed by atoms with E-state index >= 15 is 0 Å². The molecule has 2 fully saturated rings. The summed E-state index contributed by atoms with van der Waals surface area (Å²) in [6.45, 7) is 2.68. The fourth-order valence-corrected chi connectivity index (χ4v) is 5.48. The zero-order valence-corrected chi connectivity index (χ0v) is 18.2. The van der Waals surface area contributed by atoms with Crippen LogP contribution in [0.25, 0.3) is 0 Å². The van der Waals surface area contributed by atoms with Crippen LogP contribution in [-0.4, -0.2) is 6.61 Å². The minimum atomic E-state index is -4.70. The smallest absolute Gasteiger partial charge is 0.419 e. The first-order chi connectivity index (χ1) is 14.4. The van der Waals surface area contributed by atoms with E-state index in [1.54, 1.807) is 0 Å². The Morgan fingerprint density at radius 3 is 2.03 bits per heavy atom. The Morgan fingerprint density at radius 1 is 0.867 bits per heavy atom. The molecule has 0 atom stereocenters. The van der Waals surface area contributed by atoms with Crippen LogP contribution in [0.4, 0.5) is 17.6 Å². The standard InChI is InChI=1S/C25H36F4O/c1-2-3-4-5-18-6-10-20(11-7-18)21-12-8-19(9-13-21)17-30-22-14-15-24(26)23(16-22)25(27,28)29/h14-16,18-21H,2-13,17H2,1H3. The van der Waals surface area contributed by atoms with Crippen molar-refractivity contribution in [1.82, 2.24) is 0 Å². The Labute approximate surface area is 178 Å². The van der Waals surface area contributed by atoms with Crippen molar-refractivity contribution in [2.75, 3.05) is 6.61 Å². The Balaban J connectivity index is 1.38. The van der Waals surface area contributed by atoms with E-state index in [0.717, 1.165) is 42.7 Å². The van der Waals surface area contributed by atoms with Gasteiger partial charge in [-0.3, -0.25) is 0 Å². The van der Waals surface area contributed by atoms with Gasteiger partial charge in [0.2, 0.25) is 0 Å². The third-order valence-electron chi connectivity index (χ3n) is 7.39. The number of alkyl halides is 3. The van der Waals surface area contributed by atoms with Gasteiger partial charge in [0, 0.05) is 0 Å². The van der Waals surface area contributed by atoms with Crippen LogP contribution in [-0.2, 0) is 6.18 Å². The highest BCUT2D eigenvalue weighted by Gasteiger charge is 2.35. The van der Waals surface area contributed by atoms with Crippen molar-refractivity contribution in [3.05, 3.63) is 29.6 Å². The Bertz CT molecular complexity index is 641. The monoisotopic (exact) mass is 428 g/mol. The Hall–Kier alpha value is -1.26. The molecule has 0 N–H and O–H groups in total. The molecular formula is C25H36F4O. The van der Waals surface area contributed by atoms with Gasteiger partial charge in [-0.25, -0.2) is 4.39 Å². The lowest BCUT2D eigenvalue weighted by molar-refractivity contribution is -0.140. The number of hydrogen-bond acceptors (Lipinski definition) is 1. The summed E-state index contributed by atoms with van der Waals surface area (Å²) < 4.78 is 57.6. The van der Waals surface area contributed by atoms with Crippen LogP contribution < -0.4 is 4.74 Å². The summed E-state index contributed by atoms with van der Waals surface area (Å²) in [6.07, 6.45) is 10.9. The van der Waals surface area contributed by atoms with Crippen LogP contribution in [0.1, 0.15) is 89.5 Å². The summed E-state index contributed by atoms with van der Waals surface area (Å²) in [6, 6.07) is 2.91. The lowest BCUT2D eigenvalue weighted by atomic mass is 9.69. The van der Waals surface area contributed by atoms with Crippen molar-refractivity contribution in [2.45, 2.75) is 90.1 Å². The lowest BCUT2D eigenvalue weighted by Crippen LogP contribution is -2.27. The number of rotatable bonds is 8. The van der Waals surface area contributed by atoms with E-state index < -0.39 is 17.6 Å². The summed E-state index contributed by atoms with van der Waals surface area (Å²) in [7, 11) is 0. The molecule has 0 amide bonds. The third-order valence-corrected chi connectivity index (χ3v) is 7.39. The van der Waals surface area contributed by atoms with Gasteiger partial charge in [0.25, 0.3) is 0 Å². The molecule has 0 saturated heterocycles. The van der Waals surface area contributed by atoms with Gasteiger partial charge in [0.1, 0.15) is 11.6 Å². The van der Waals surface area contributed by atoms with Gasteiger partial charge in [0.15, 0.2) is 0 Å². The van der Waals surface area contributed by atoms with Gasteiger partial charge in [-0.15, -0.1) is 0 Å². The highest BCUT2D eigenvalue weighted by atomic mass is 19.4. The predicted molar refractivity (Wildman–Crippen MR) is 112 cm³/mol. The van der Waals surface area contributed by atoms with Crippen LogP contribution >= 0.6 is 0 Å². The van der Waals surface area contributed by atoms with Gasteiger partial charge >= 0.3 is 6.18 Å². The number of ether oxygens (including phenoxy) is 1. The molecule has 0 heterocycles. The fraction of sp³-hybridized carbons (Fsp3) is 0.760. The second kappa shape index (κ2) is 10.9. The molecule has 0 aromatic heterocycles. The molecule has 0 aliphatic heterocycles. The third kappa shape index (κ3) is 6.62. The van der Waals surface area contributed by atoms with Crippen molar-refractivity contribution in [2.24, 2.45) is 23.7 Å². The number of benzene rings is 1. The topological polar surface area (TPSA) is 9.23 Å². The molecule has 30 heavy (non-hydrogen) atoms. The molecule has 170 valence electrons. The molecule has 0 radical (unpaired) electrons. The van der Waals surface area contributed by atoms with Gasteiger partial charge in [-0.1, -0.05) is 45.4 Å². The van der Waals surface area contributed by atoms with Crippen molar-refractivity contribution < 1.29 is 22.3 Å². The quantitative estimate of drug-likeness (QED) is 0.298. The summed E-state index contributed by atoms with van der Waals surface area (Å²) in [4.78, 5) is 0. The minimum absolute atomic E-state index is 0.104. The summed E-state index contributed by atoms with van der Waals surface area (Å²) in [5, 5.41) is 0. The van der Waals surface area contributed by atoms with E-state index in [1.807, 2.05) is 0 Å².